The molecule has 3 rings (SSSR count). The van der Waals surface area contributed by atoms with Crippen molar-refractivity contribution in [2.45, 2.75) is 49.6 Å². The second-order valence-corrected chi connectivity index (χ2v) is 9.96. The summed E-state index contributed by atoms with van der Waals surface area (Å²) in [5.74, 6) is -1.59. The molecule has 3 N–H and O–H groups in total. The number of nitrogens with zero attached hydrogens (tertiary/aromatic N) is 2. The molecule has 1 amide bonds. The summed E-state index contributed by atoms with van der Waals surface area (Å²) >= 11 is 2.52. The first-order chi connectivity index (χ1) is 16.3. The fourth-order valence-electron chi connectivity index (χ4n) is 3.47. The number of carbonyl (C=O) groups is 1. The van der Waals surface area contributed by atoms with Gasteiger partial charge in [-0.2, -0.15) is 0 Å². The molecule has 6 nitrogen and oxygen atoms in total. The minimum absolute atomic E-state index is 0.0837. The summed E-state index contributed by atoms with van der Waals surface area (Å²) in [6.07, 6.45) is 0.0473. The largest absolute Gasteiger partial charge is 0.390 e. The van der Waals surface area contributed by atoms with Gasteiger partial charge in [0.05, 0.1) is 23.6 Å². The highest BCUT2D eigenvalue weighted by Gasteiger charge is 2.23. The third-order valence-corrected chi connectivity index (χ3v) is 7.38. The Morgan fingerprint density at radius 1 is 1.15 bits per heavy atom. The van der Waals surface area contributed by atoms with Crippen molar-refractivity contribution in [1.29, 1.82) is 0 Å². The molecule has 34 heavy (non-hydrogen) atoms. The Hall–Kier alpha value is -2.40. The van der Waals surface area contributed by atoms with Crippen molar-refractivity contribution in [3.05, 3.63) is 76.5 Å². The molecule has 0 unspecified atom stereocenters. The fraction of sp³-hybridized carbons (Fsp3) is 0.375. The monoisotopic (exact) mass is 506 g/mol. The number of rotatable bonds is 12. The molecule has 0 saturated heterocycles. The molecule has 0 radical (unpaired) electrons. The van der Waals surface area contributed by atoms with E-state index in [0.717, 1.165) is 28.0 Å². The first-order valence-electron chi connectivity index (χ1n) is 11.0. The van der Waals surface area contributed by atoms with Crippen molar-refractivity contribution in [2.24, 2.45) is 0 Å². The highest BCUT2D eigenvalue weighted by atomic mass is 32.2. The Kier molecular flexibility index (Phi) is 9.94. The van der Waals surface area contributed by atoms with E-state index >= 15 is 0 Å². The molecule has 2 aromatic carbocycles. The van der Waals surface area contributed by atoms with Crippen molar-refractivity contribution in [3.63, 3.8) is 0 Å². The average molecular weight is 507 g/mol. The lowest BCUT2D eigenvalue weighted by molar-refractivity contribution is -0.120. The van der Waals surface area contributed by atoms with Crippen LogP contribution >= 0.6 is 23.3 Å². The van der Waals surface area contributed by atoms with Gasteiger partial charge in [0.25, 0.3) is 0 Å². The normalized spacial score (nSPS) is 13.0. The summed E-state index contributed by atoms with van der Waals surface area (Å²) in [6, 6.07) is 10.6. The predicted molar refractivity (Wildman–Crippen MR) is 131 cm³/mol. The number of carbonyl (C=O) groups excluding carboxylic acids is 1. The Morgan fingerprint density at radius 3 is 2.56 bits per heavy atom. The van der Waals surface area contributed by atoms with E-state index in [1.165, 1.54) is 41.0 Å². The zero-order valence-electron chi connectivity index (χ0n) is 19.1. The Bertz CT molecular complexity index is 1080. The van der Waals surface area contributed by atoms with Crippen LogP contribution in [0.25, 0.3) is 0 Å². The third kappa shape index (κ3) is 8.12. The molecule has 1 heterocycles. The quantitative estimate of drug-likeness (QED) is 0.325. The summed E-state index contributed by atoms with van der Waals surface area (Å²) in [5, 5.41) is 20.8. The lowest BCUT2D eigenvalue weighted by Gasteiger charge is -2.25. The predicted octanol–water partition coefficient (Wildman–Crippen LogP) is 3.66. The molecule has 0 aliphatic rings. The van der Waals surface area contributed by atoms with Crippen LogP contribution in [0.3, 0.4) is 0 Å². The highest BCUT2D eigenvalue weighted by molar-refractivity contribution is 8.01. The first-order valence-corrected chi connectivity index (χ1v) is 12.7. The molecule has 0 aliphatic heterocycles. The van der Waals surface area contributed by atoms with Crippen molar-refractivity contribution in [3.8, 4) is 0 Å². The number of hydrogen-bond acceptors (Lipinski definition) is 7. The van der Waals surface area contributed by atoms with E-state index in [9.17, 15) is 18.7 Å². The van der Waals surface area contributed by atoms with Gasteiger partial charge in [0.15, 0.2) is 0 Å². The topological polar surface area (TPSA) is 87.1 Å². The number of halogens is 2. The standard InChI is InChI=1S/C24H28F2N4O2S2/c1-3-16-5-4-6-17(7-16)12-27-13-22(31)21(10-18-8-19(25)11-20(26)9-18)28-23(32)14-33-24-15(2)29-30-34-24/h4-9,11,21-22,27,31H,3,10,12-14H2,1-2H3,(H,28,32)/t21-,22-/m0/s1. The van der Waals surface area contributed by atoms with Crippen LogP contribution in [0.4, 0.5) is 8.78 Å². The molecule has 3 aromatic rings. The molecular weight excluding hydrogens is 478 g/mol. The molecule has 1 aromatic heterocycles. The smallest absolute Gasteiger partial charge is 0.230 e. The van der Waals surface area contributed by atoms with Gasteiger partial charge in [-0.1, -0.05) is 35.7 Å². The molecule has 182 valence electrons. The maximum atomic E-state index is 13.7. The minimum Gasteiger partial charge on any atom is -0.390 e. The van der Waals surface area contributed by atoms with Crippen molar-refractivity contribution < 1.29 is 18.7 Å². The maximum Gasteiger partial charge on any atom is 0.230 e. The van der Waals surface area contributed by atoms with Crippen LogP contribution in [-0.2, 0) is 24.2 Å². The summed E-state index contributed by atoms with van der Waals surface area (Å²) in [6.45, 7) is 4.65. The molecule has 0 saturated carbocycles. The summed E-state index contributed by atoms with van der Waals surface area (Å²) in [5.41, 5.74) is 3.42. The summed E-state index contributed by atoms with van der Waals surface area (Å²) in [7, 11) is 0. The van der Waals surface area contributed by atoms with Gasteiger partial charge >= 0.3 is 0 Å². The number of aliphatic hydroxyl groups excluding tert-OH is 1. The number of thioether (sulfide) groups is 1. The number of benzene rings is 2. The second kappa shape index (κ2) is 12.9. The van der Waals surface area contributed by atoms with Crippen LogP contribution in [0, 0.1) is 18.6 Å². The van der Waals surface area contributed by atoms with E-state index in [1.54, 1.807) is 0 Å². The lowest BCUT2D eigenvalue weighted by atomic mass is 10.0. The zero-order valence-corrected chi connectivity index (χ0v) is 20.7. The molecule has 0 spiro atoms. The van der Waals surface area contributed by atoms with Gasteiger partial charge < -0.3 is 15.7 Å². The van der Waals surface area contributed by atoms with E-state index in [2.05, 4.69) is 39.3 Å². The van der Waals surface area contributed by atoms with Gasteiger partial charge in [0.2, 0.25) is 5.91 Å². The molecule has 2 atom stereocenters. The van der Waals surface area contributed by atoms with Gasteiger partial charge in [-0.15, -0.1) is 16.9 Å². The summed E-state index contributed by atoms with van der Waals surface area (Å²) < 4.78 is 32.1. The van der Waals surface area contributed by atoms with Crippen molar-refractivity contribution in [2.75, 3.05) is 12.3 Å². The molecule has 0 fully saturated rings. The second-order valence-electron chi connectivity index (χ2n) is 7.96. The van der Waals surface area contributed by atoms with Crippen LogP contribution in [-0.4, -0.2) is 45.0 Å². The van der Waals surface area contributed by atoms with Gasteiger partial charge in [-0.25, -0.2) is 8.78 Å². The Labute approximate surface area is 206 Å². The van der Waals surface area contributed by atoms with E-state index in [0.29, 0.717) is 12.1 Å². The van der Waals surface area contributed by atoms with Crippen LogP contribution in [0.5, 0.6) is 0 Å². The zero-order chi connectivity index (χ0) is 24.5. The Morgan fingerprint density at radius 2 is 1.88 bits per heavy atom. The lowest BCUT2D eigenvalue weighted by Crippen LogP contribution is -2.49. The molecular formula is C24H28F2N4O2S2. The molecule has 0 bridgehead atoms. The van der Waals surface area contributed by atoms with E-state index < -0.39 is 23.8 Å². The molecule has 0 aliphatic carbocycles. The number of nitrogens with one attached hydrogen (secondary N) is 2. The number of hydrogen-bond donors (Lipinski definition) is 3. The van der Waals surface area contributed by atoms with Gasteiger partial charge in [-0.3, -0.25) is 4.79 Å². The molecule has 10 heteroatoms. The minimum atomic E-state index is -0.971. The average Bonchev–Trinajstić information content (AvgIpc) is 3.21. The van der Waals surface area contributed by atoms with E-state index in [4.69, 9.17) is 0 Å². The van der Waals surface area contributed by atoms with Crippen molar-refractivity contribution in [1.82, 2.24) is 20.2 Å². The number of aliphatic hydroxyl groups is 1. The SMILES string of the molecule is CCc1cccc(CNC[C@H](O)[C@H](Cc2cc(F)cc(F)c2)NC(=O)CSc2snnc2C)c1. The van der Waals surface area contributed by atoms with Gasteiger partial charge in [0.1, 0.15) is 15.8 Å². The first kappa shape index (κ1) is 26.2. The van der Waals surface area contributed by atoms with E-state index in [1.807, 2.05) is 19.1 Å². The van der Waals surface area contributed by atoms with Crippen LogP contribution in [0.1, 0.15) is 29.3 Å². The van der Waals surface area contributed by atoms with Gasteiger partial charge in [0, 0.05) is 19.2 Å². The Balaban J connectivity index is 1.62. The van der Waals surface area contributed by atoms with Crippen LogP contribution in [0.2, 0.25) is 0 Å². The highest BCUT2D eigenvalue weighted by Crippen LogP contribution is 2.24. The van der Waals surface area contributed by atoms with Crippen LogP contribution < -0.4 is 10.6 Å². The maximum absolute atomic E-state index is 13.7. The number of aryl methyl sites for hydroxylation is 2. The number of aromatic nitrogens is 2. The fourth-order valence-corrected chi connectivity index (χ4v) is 4.96. The third-order valence-electron chi connectivity index (χ3n) is 5.22. The summed E-state index contributed by atoms with van der Waals surface area (Å²) in [4.78, 5) is 12.6. The van der Waals surface area contributed by atoms with Crippen LogP contribution in [0.15, 0.2) is 46.7 Å². The van der Waals surface area contributed by atoms with E-state index in [-0.39, 0.29) is 24.6 Å². The van der Waals surface area contributed by atoms with Crippen molar-refractivity contribution >= 4 is 29.2 Å². The van der Waals surface area contributed by atoms with Gasteiger partial charge in [-0.05, 0) is 60.1 Å². The number of amides is 1.